The van der Waals surface area contributed by atoms with Crippen LogP contribution in [0.1, 0.15) is 51.5 Å². The Morgan fingerprint density at radius 3 is 2.56 bits per heavy atom. The first-order valence-corrected chi connectivity index (χ1v) is 14.5. The monoisotopic (exact) mass is 561 g/mol. The van der Waals surface area contributed by atoms with E-state index in [1.807, 2.05) is 12.3 Å². The zero-order chi connectivity index (χ0) is 29.1. The van der Waals surface area contributed by atoms with Gasteiger partial charge in [-0.05, 0) is 102 Å². The van der Waals surface area contributed by atoms with Crippen molar-refractivity contribution >= 4 is 29.7 Å². The molecule has 1 aromatic carbocycles. The summed E-state index contributed by atoms with van der Waals surface area (Å²) in [5, 5.41) is 3.18. The molecule has 1 unspecified atom stereocenters. The fraction of sp³-hybridized carbons (Fsp3) is 0.469. The standard InChI is InChI=1S/C32H41F2N7/c1-32(2)12-8-14-41(32)28-16-23(15-26(33)31(28)35-3)25-17-30(37-19-27(25)34)38-29-11-10-22(18-36-29)20-40(5)24-9-6-7-13-39(4)21-24/h10-11,15-19,24H,3,6-9,12-14,20-21H2,1-2,4-5H3,(H,36,37,38). The minimum absolute atomic E-state index is 0.160. The summed E-state index contributed by atoms with van der Waals surface area (Å²) < 4.78 is 30.3. The molecule has 2 aliphatic heterocycles. The summed E-state index contributed by atoms with van der Waals surface area (Å²) in [6.07, 6.45) is 8.71. The highest BCUT2D eigenvalue weighted by Crippen LogP contribution is 2.43. The van der Waals surface area contributed by atoms with Crippen molar-refractivity contribution in [3.05, 3.63) is 59.9 Å². The molecule has 2 aliphatic rings. The van der Waals surface area contributed by atoms with Crippen molar-refractivity contribution < 1.29 is 8.78 Å². The molecule has 0 aliphatic carbocycles. The molecule has 9 heteroatoms. The van der Waals surface area contributed by atoms with E-state index in [0.717, 1.165) is 50.8 Å². The predicted octanol–water partition coefficient (Wildman–Crippen LogP) is 6.79. The SMILES string of the molecule is C=Nc1c(F)cc(-c2cc(Nc3ccc(CN(C)C4CCCCN(C)C4)cn3)ncc2F)cc1N1CCCC1(C)C. The van der Waals surface area contributed by atoms with Gasteiger partial charge in [0.05, 0.1) is 11.9 Å². The van der Waals surface area contributed by atoms with Gasteiger partial charge in [-0.15, -0.1) is 0 Å². The quantitative estimate of drug-likeness (QED) is 0.306. The van der Waals surface area contributed by atoms with Gasteiger partial charge in [0.15, 0.2) is 5.82 Å². The molecule has 0 amide bonds. The van der Waals surface area contributed by atoms with Crippen molar-refractivity contribution in [3.8, 4) is 11.1 Å². The second-order valence-corrected chi connectivity index (χ2v) is 12.1. The third-order valence-electron chi connectivity index (χ3n) is 8.55. The molecule has 0 spiro atoms. The van der Waals surface area contributed by atoms with Crippen LogP contribution in [0.15, 0.2) is 47.7 Å². The van der Waals surface area contributed by atoms with Gasteiger partial charge in [-0.1, -0.05) is 12.5 Å². The Bertz CT molecular complexity index is 1380. The number of pyridine rings is 2. The zero-order valence-electron chi connectivity index (χ0n) is 24.6. The Labute approximate surface area is 242 Å². The van der Waals surface area contributed by atoms with E-state index < -0.39 is 11.6 Å². The lowest BCUT2D eigenvalue weighted by Gasteiger charge is -2.35. The lowest BCUT2D eigenvalue weighted by Crippen LogP contribution is -2.39. The molecule has 5 rings (SSSR count). The topological polar surface area (TPSA) is 59.9 Å². The van der Waals surface area contributed by atoms with Crippen molar-refractivity contribution in [2.45, 2.75) is 64.1 Å². The number of anilines is 3. The summed E-state index contributed by atoms with van der Waals surface area (Å²) in [7, 11) is 4.37. The van der Waals surface area contributed by atoms with Crippen LogP contribution >= 0.6 is 0 Å². The van der Waals surface area contributed by atoms with Crippen LogP contribution in [0.4, 0.5) is 31.8 Å². The van der Waals surface area contributed by atoms with Gasteiger partial charge in [0, 0.05) is 43.0 Å². The van der Waals surface area contributed by atoms with E-state index in [9.17, 15) is 0 Å². The highest BCUT2D eigenvalue weighted by atomic mass is 19.1. The number of halogens is 2. The Balaban J connectivity index is 1.34. The van der Waals surface area contributed by atoms with Gasteiger partial charge in [0.2, 0.25) is 0 Å². The Kier molecular flexibility index (Phi) is 8.66. The number of aliphatic imine (C=N–C) groups is 1. The third-order valence-corrected chi connectivity index (χ3v) is 8.55. The van der Waals surface area contributed by atoms with Gasteiger partial charge in [-0.3, -0.25) is 9.89 Å². The number of benzene rings is 1. The Morgan fingerprint density at radius 1 is 1.05 bits per heavy atom. The third kappa shape index (κ3) is 6.57. The number of hydrogen-bond acceptors (Lipinski definition) is 7. The Hall–Kier alpha value is -3.43. The van der Waals surface area contributed by atoms with Crippen LogP contribution in [0.3, 0.4) is 0 Å². The predicted molar refractivity (Wildman–Crippen MR) is 164 cm³/mol. The number of likely N-dealkylation sites (tertiary alicyclic amines) is 1. The molecular weight excluding hydrogens is 520 g/mol. The second-order valence-electron chi connectivity index (χ2n) is 12.1. The molecule has 41 heavy (non-hydrogen) atoms. The van der Waals surface area contributed by atoms with Crippen molar-refractivity contribution in [1.82, 2.24) is 19.8 Å². The number of hydrogen-bond donors (Lipinski definition) is 1. The molecule has 0 bridgehead atoms. The summed E-state index contributed by atoms with van der Waals surface area (Å²) in [4.78, 5) is 19.7. The molecule has 4 heterocycles. The maximum atomic E-state index is 15.2. The van der Waals surface area contributed by atoms with E-state index in [4.69, 9.17) is 0 Å². The fourth-order valence-electron chi connectivity index (χ4n) is 6.19. The number of aromatic nitrogens is 2. The average Bonchev–Trinajstić information content (AvgIpc) is 3.15. The van der Waals surface area contributed by atoms with Gasteiger partial charge in [0.25, 0.3) is 0 Å². The van der Waals surface area contributed by atoms with Crippen molar-refractivity contribution in [1.29, 1.82) is 0 Å². The van der Waals surface area contributed by atoms with Crippen molar-refractivity contribution in [2.24, 2.45) is 4.99 Å². The van der Waals surface area contributed by atoms with Crippen molar-refractivity contribution in [3.63, 3.8) is 0 Å². The van der Waals surface area contributed by atoms with Crippen LogP contribution < -0.4 is 10.2 Å². The molecule has 3 aromatic rings. The first-order valence-electron chi connectivity index (χ1n) is 14.5. The molecule has 218 valence electrons. The van der Waals surface area contributed by atoms with Gasteiger partial charge in [-0.2, -0.15) is 0 Å². The second kappa shape index (κ2) is 12.2. The first kappa shape index (κ1) is 29.1. The van der Waals surface area contributed by atoms with Crippen LogP contribution in [0.5, 0.6) is 0 Å². The summed E-state index contributed by atoms with van der Waals surface area (Å²) in [5.41, 5.74) is 2.46. The average molecular weight is 562 g/mol. The highest BCUT2D eigenvalue weighted by molar-refractivity contribution is 5.80. The molecule has 2 fully saturated rings. The zero-order valence-corrected chi connectivity index (χ0v) is 24.6. The van der Waals surface area contributed by atoms with Crippen LogP contribution in [0, 0.1) is 11.6 Å². The first-order chi connectivity index (χ1) is 19.6. The van der Waals surface area contributed by atoms with E-state index in [-0.39, 0.29) is 16.8 Å². The van der Waals surface area contributed by atoms with Gasteiger partial charge in [-0.25, -0.2) is 18.7 Å². The van der Waals surface area contributed by atoms with E-state index in [1.54, 1.807) is 12.1 Å². The lowest BCUT2D eigenvalue weighted by atomic mass is 9.99. The van der Waals surface area contributed by atoms with Crippen LogP contribution in [0.2, 0.25) is 0 Å². The largest absolute Gasteiger partial charge is 0.365 e. The van der Waals surface area contributed by atoms with Gasteiger partial charge in [0.1, 0.15) is 23.1 Å². The molecule has 1 atom stereocenters. The summed E-state index contributed by atoms with van der Waals surface area (Å²) in [6, 6.07) is 9.20. The minimum Gasteiger partial charge on any atom is -0.365 e. The summed E-state index contributed by atoms with van der Waals surface area (Å²) in [5.74, 6) is -0.0303. The van der Waals surface area contributed by atoms with Crippen LogP contribution in [-0.2, 0) is 6.54 Å². The van der Waals surface area contributed by atoms with E-state index in [0.29, 0.717) is 28.9 Å². The number of nitrogens with one attached hydrogen (secondary N) is 1. The summed E-state index contributed by atoms with van der Waals surface area (Å²) >= 11 is 0. The molecule has 0 saturated carbocycles. The number of likely N-dealkylation sites (N-methyl/N-ethyl adjacent to an activating group) is 2. The molecule has 2 aromatic heterocycles. The molecule has 2 saturated heterocycles. The smallest absolute Gasteiger partial charge is 0.151 e. The van der Waals surface area contributed by atoms with Crippen LogP contribution in [-0.4, -0.2) is 71.8 Å². The molecule has 7 nitrogen and oxygen atoms in total. The maximum absolute atomic E-state index is 15.2. The maximum Gasteiger partial charge on any atom is 0.151 e. The Morgan fingerprint density at radius 2 is 1.85 bits per heavy atom. The van der Waals surface area contributed by atoms with E-state index in [1.165, 1.54) is 25.3 Å². The summed E-state index contributed by atoms with van der Waals surface area (Å²) in [6.45, 7) is 11.7. The van der Waals surface area contributed by atoms with Gasteiger partial charge < -0.3 is 15.1 Å². The highest BCUT2D eigenvalue weighted by Gasteiger charge is 2.34. The normalized spacial score (nSPS) is 19.4. The lowest BCUT2D eigenvalue weighted by molar-refractivity contribution is 0.182. The molecule has 1 N–H and O–H groups in total. The fourth-order valence-corrected chi connectivity index (χ4v) is 6.19. The number of rotatable bonds is 8. The van der Waals surface area contributed by atoms with Crippen LogP contribution in [0.25, 0.3) is 11.1 Å². The van der Waals surface area contributed by atoms with E-state index >= 15 is 8.78 Å². The number of nitrogens with zero attached hydrogens (tertiary/aromatic N) is 6. The van der Waals surface area contributed by atoms with Crippen molar-refractivity contribution in [2.75, 3.05) is 43.9 Å². The van der Waals surface area contributed by atoms with Gasteiger partial charge >= 0.3 is 0 Å². The molecule has 0 radical (unpaired) electrons. The minimum atomic E-state index is -0.531. The molecular formula is C32H41F2N7. The van der Waals surface area contributed by atoms with E-state index in [2.05, 4.69) is 75.7 Å².